The molecule has 0 bridgehead atoms. The van der Waals surface area contributed by atoms with Crippen LogP contribution in [0.25, 0.3) is 0 Å². The molecule has 2 N–H and O–H groups in total. The van der Waals surface area contributed by atoms with Crippen LogP contribution in [-0.2, 0) is 9.53 Å². The van der Waals surface area contributed by atoms with Crippen LogP contribution < -0.4 is 5.73 Å². The Kier molecular flexibility index (Phi) is 5.25. The van der Waals surface area contributed by atoms with E-state index in [1.54, 1.807) is 19.1 Å². The molecule has 0 fully saturated rings. The summed E-state index contributed by atoms with van der Waals surface area (Å²) in [4.78, 5) is 11.2. The Morgan fingerprint density at radius 2 is 2.31 bits per heavy atom. The van der Waals surface area contributed by atoms with Crippen LogP contribution >= 0.6 is 27.5 Å². The number of carbonyl (C=O) groups is 1. The van der Waals surface area contributed by atoms with Crippen molar-refractivity contribution in [3.05, 3.63) is 33.3 Å². The predicted molar refractivity (Wildman–Crippen MR) is 67.3 cm³/mol. The molecule has 0 aliphatic carbocycles. The summed E-state index contributed by atoms with van der Waals surface area (Å²) < 4.78 is 5.60. The fourth-order valence-corrected chi connectivity index (χ4v) is 1.77. The number of halogens is 2. The second kappa shape index (κ2) is 6.23. The first-order valence-corrected chi connectivity index (χ1v) is 6.07. The topological polar surface area (TPSA) is 52.3 Å². The summed E-state index contributed by atoms with van der Waals surface area (Å²) in [5.41, 5.74) is 6.73. The third kappa shape index (κ3) is 3.77. The van der Waals surface area contributed by atoms with Crippen molar-refractivity contribution in [3.63, 3.8) is 0 Å². The third-order valence-corrected chi connectivity index (χ3v) is 3.28. The maximum atomic E-state index is 11.2. The zero-order chi connectivity index (χ0) is 12.1. The molecule has 3 nitrogen and oxygen atoms in total. The highest BCUT2D eigenvalue weighted by Gasteiger charge is 2.13. The van der Waals surface area contributed by atoms with E-state index in [-0.39, 0.29) is 18.4 Å². The Morgan fingerprint density at radius 3 is 2.88 bits per heavy atom. The summed E-state index contributed by atoms with van der Waals surface area (Å²) in [7, 11) is 0. The molecule has 1 rings (SSSR count). The number of hydrogen-bond acceptors (Lipinski definition) is 3. The zero-order valence-electron chi connectivity index (χ0n) is 8.87. The van der Waals surface area contributed by atoms with Crippen LogP contribution in [0.15, 0.2) is 22.7 Å². The van der Waals surface area contributed by atoms with E-state index >= 15 is 0 Å². The van der Waals surface area contributed by atoms with Gasteiger partial charge in [-0.1, -0.05) is 17.7 Å². The largest absolute Gasteiger partial charge is 0.466 e. The van der Waals surface area contributed by atoms with E-state index in [9.17, 15) is 4.79 Å². The average molecular weight is 307 g/mol. The number of ether oxygens (including phenoxy) is 1. The van der Waals surface area contributed by atoms with E-state index in [0.717, 1.165) is 10.0 Å². The van der Waals surface area contributed by atoms with Gasteiger partial charge in [-0.15, -0.1) is 0 Å². The molecule has 0 unspecified atom stereocenters. The highest BCUT2D eigenvalue weighted by atomic mass is 79.9. The number of benzene rings is 1. The quantitative estimate of drug-likeness (QED) is 0.870. The minimum absolute atomic E-state index is 0.169. The van der Waals surface area contributed by atoms with Crippen molar-refractivity contribution >= 4 is 33.5 Å². The molecule has 0 aromatic heterocycles. The van der Waals surface area contributed by atoms with Crippen LogP contribution in [0.2, 0.25) is 5.02 Å². The van der Waals surface area contributed by atoms with E-state index < -0.39 is 0 Å². The molecule has 1 aromatic carbocycles. The number of nitrogens with two attached hydrogens (primary N) is 1. The van der Waals surface area contributed by atoms with Crippen LogP contribution in [0.3, 0.4) is 0 Å². The summed E-state index contributed by atoms with van der Waals surface area (Å²) in [6.07, 6.45) is 0.169. The van der Waals surface area contributed by atoms with Gasteiger partial charge in [0.15, 0.2) is 0 Å². The van der Waals surface area contributed by atoms with Crippen molar-refractivity contribution in [1.82, 2.24) is 0 Å². The highest BCUT2D eigenvalue weighted by Crippen LogP contribution is 2.26. The first-order valence-electron chi connectivity index (χ1n) is 4.90. The van der Waals surface area contributed by atoms with Crippen LogP contribution in [0.1, 0.15) is 24.9 Å². The summed E-state index contributed by atoms with van der Waals surface area (Å²) in [5, 5.41) is 0.618. The SMILES string of the molecule is CCOC(=O)C[C@@H](N)c1ccc(Cl)c(Br)c1. The van der Waals surface area contributed by atoms with Gasteiger partial charge in [-0.25, -0.2) is 0 Å². The Hall–Kier alpha value is -0.580. The molecular formula is C11H13BrClNO2. The molecule has 5 heteroatoms. The Balaban J connectivity index is 2.69. The van der Waals surface area contributed by atoms with Crippen molar-refractivity contribution in [2.45, 2.75) is 19.4 Å². The van der Waals surface area contributed by atoms with E-state index in [0.29, 0.717) is 11.6 Å². The predicted octanol–water partition coefficient (Wildman–Crippen LogP) is 3.06. The van der Waals surface area contributed by atoms with Crippen LogP contribution in [0, 0.1) is 0 Å². The van der Waals surface area contributed by atoms with Crippen molar-refractivity contribution in [3.8, 4) is 0 Å². The molecular weight excluding hydrogens is 293 g/mol. The molecule has 0 saturated carbocycles. The van der Waals surface area contributed by atoms with Gasteiger partial charge in [-0.05, 0) is 40.5 Å². The van der Waals surface area contributed by atoms with Gasteiger partial charge in [-0.2, -0.15) is 0 Å². The lowest BCUT2D eigenvalue weighted by Gasteiger charge is -2.11. The van der Waals surface area contributed by atoms with Crippen LogP contribution in [0.4, 0.5) is 0 Å². The fourth-order valence-electron chi connectivity index (χ4n) is 1.26. The molecule has 0 amide bonds. The Bertz CT molecular complexity index is 384. The summed E-state index contributed by atoms with van der Waals surface area (Å²) in [6.45, 7) is 2.14. The number of hydrogen-bond donors (Lipinski definition) is 1. The molecule has 88 valence electrons. The standard InChI is InChI=1S/C11H13BrClNO2/c1-2-16-11(15)6-10(14)7-3-4-9(13)8(12)5-7/h3-5,10H,2,6,14H2,1H3/t10-/m1/s1. The summed E-state index contributed by atoms with van der Waals surface area (Å²) in [6, 6.07) is 4.99. The molecule has 0 spiro atoms. The average Bonchev–Trinajstić information content (AvgIpc) is 2.22. The second-order valence-corrected chi connectivity index (χ2v) is 4.55. The molecule has 16 heavy (non-hydrogen) atoms. The molecule has 0 aliphatic heterocycles. The van der Waals surface area contributed by atoms with Crippen molar-refractivity contribution in [2.75, 3.05) is 6.61 Å². The minimum Gasteiger partial charge on any atom is -0.466 e. The molecule has 0 radical (unpaired) electrons. The maximum absolute atomic E-state index is 11.2. The maximum Gasteiger partial charge on any atom is 0.307 e. The second-order valence-electron chi connectivity index (χ2n) is 3.29. The van der Waals surface area contributed by atoms with E-state index in [4.69, 9.17) is 22.1 Å². The molecule has 0 saturated heterocycles. The monoisotopic (exact) mass is 305 g/mol. The lowest BCUT2D eigenvalue weighted by atomic mass is 10.1. The minimum atomic E-state index is -0.368. The molecule has 1 atom stereocenters. The first-order chi connectivity index (χ1) is 7.54. The van der Waals surface area contributed by atoms with Gasteiger partial charge in [0.05, 0.1) is 18.1 Å². The first kappa shape index (κ1) is 13.5. The van der Waals surface area contributed by atoms with Crippen molar-refractivity contribution < 1.29 is 9.53 Å². The van der Waals surface area contributed by atoms with Crippen molar-refractivity contribution in [2.24, 2.45) is 5.73 Å². The lowest BCUT2D eigenvalue weighted by molar-refractivity contribution is -0.143. The Morgan fingerprint density at radius 1 is 1.62 bits per heavy atom. The zero-order valence-corrected chi connectivity index (χ0v) is 11.2. The third-order valence-electron chi connectivity index (χ3n) is 2.06. The van der Waals surface area contributed by atoms with Crippen LogP contribution in [-0.4, -0.2) is 12.6 Å². The van der Waals surface area contributed by atoms with Gasteiger partial charge >= 0.3 is 5.97 Å². The molecule has 0 aliphatic rings. The van der Waals surface area contributed by atoms with Gasteiger partial charge in [0.25, 0.3) is 0 Å². The van der Waals surface area contributed by atoms with Gasteiger partial charge < -0.3 is 10.5 Å². The van der Waals surface area contributed by atoms with Crippen molar-refractivity contribution in [1.29, 1.82) is 0 Å². The Labute approximate surface area is 108 Å². The molecule has 0 heterocycles. The van der Waals surface area contributed by atoms with E-state index in [1.165, 1.54) is 0 Å². The van der Waals surface area contributed by atoms with Gasteiger partial charge in [-0.3, -0.25) is 4.79 Å². The normalized spacial score (nSPS) is 12.2. The lowest BCUT2D eigenvalue weighted by Crippen LogP contribution is -2.17. The molecule has 1 aromatic rings. The van der Waals surface area contributed by atoms with Gasteiger partial charge in [0, 0.05) is 10.5 Å². The van der Waals surface area contributed by atoms with Gasteiger partial charge in [0.1, 0.15) is 0 Å². The highest BCUT2D eigenvalue weighted by molar-refractivity contribution is 9.10. The van der Waals surface area contributed by atoms with E-state index in [2.05, 4.69) is 15.9 Å². The summed E-state index contributed by atoms with van der Waals surface area (Å²) >= 11 is 9.17. The fraction of sp³-hybridized carbons (Fsp3) is 0.364. The smallest absolute Gasteiger partial charge is 0.307 e. The van der Waals surface area contributed by atoms with E-state index in [1.807, 2.05) is 6.07 Å². The van der Waals surface area contributed by atoms with Gasteiger partial charge in [0.2, 0.25) is 0 Å². The number of carbonyl (C=O) groups excluding carboxylic acids is 1. The summed E-state index contributed by atoms with van der Waals surface area (Å²) in [5.74, 6) is -0.291. The number of rotatable bonds is 4. The van der Waals surface area contributed by atoms with Crippen LogP contribution in [0.5, 0.6) is 0 Å². The number of esters is 1.